The molecule has 2 aliphatic rings. The van der Waals surface area contributed by atoms with Gasteiger partial charge in [-0.15, -0.1) is 0 Å². The van der Waals surface area contributed by atoms with Crippen molar-refractivity contribution in [2.45, 2.75) is 51.2 Å². The first-order valence-electron chi connectivity index (χ1n) is 7.21. The van der Waals surface area contributed by atoms with Crippen LogP contribution in [0.3, 0.4) is 0 Å². The Morgan fingerprint density at radius 2 is 2.12 bits per heavy atom. The first kappa shape index (κ1) is 13.3. The van der Waals surface area contributed by atoms with Crippen molar-refractivity contribution >= 4 is 0 Å². The molecule has 0 amide bonds. The van der Waals surface area contributed by atoms with Gasteiger partial charge in [-0.25, -0.2) is 0 Å². The van der Waals surface area contributed by atoms with Gasteiger partial charge in [0.05, 0.1) is 6.10 Å². The highest BCUT2D eigenvalue weighted by Gasteiger charge is 2.28. The Morgan fingerprint density at radius 3 is 2.76 bits per heavy atom. The molecule has 0 aromatic carbocycles. The van der Waals surface area contributed by atoms with Crippen molar-refractivity contribution in [3.63, 3.8) is 0 Å². The Hall–Kier alpha value is -0.120. The maximum atomic E-state index is 6.13. The molecule has 1 saturated heterocycles. The Labute approximate surface area is 106 Å². The van der Waals surface area contributed by atoms with E-state index in [0.717, 1.165) is 12.5 Å². The third-order valence-corrected chi connectivity index (χ3v) is 4.81. The molecule has 17 heavy (non-hydrogen) atoms. The molecule has 1 aliphatic heterocycles. The standard InChI is InChI=1S/C14H28N2O/c1-11-6-8-16(10-14(11)17-2)9-7-12-4-3-5-13(12)15/h11-14H,3-10,15H2,1-2H3. The van der Waals surface area contributed by atoms with Gasteiger partial charge in [-0.2, -0.15) is 0 Å². The lowest BCUT2D eigenvalue weighted by atomic mass is 9.94. The molecule has 2 N–H and O–H groups in total. The van der Waals surface area contributed by atoms with Gasteiger partial charge >= 0.3 is 0 Å². The van der Waals surface area contributed by atoms with E-state index in [1.54, 1.807) is 0 Å². The van der Waals surface area contributed by atoms with Crippen molar-refractivity contribution in [2.24, 2.45) is 17.6 Å². The molecular formula is C14H28N2O. The Morgan fingerprint density at radius 1 is 1.29 bits per heavy atom. The smallest absolute Gasteiger partial charge is 0.0724 e. The molecule has 3 nitrogen and oxygen atoms in total. The molecule has 100 valence electrons. The lowest BCUT2D eigenvalue weighted by Crippen LogP contribution is -2.44. The van der Waals surface area contributed by atoms with Gasteiger partial charge in [-0.05, 0) is 50.6 Å². The zero-order valence-electron chi connectivity index (χ0n) is 11.4. The molecule has 4 unspecified atom stereocenters. The second-order valence-corrected chi connectivity index (χ2v) is 5.98. The number of likely N-dealkylation sites (tertiary alicyclic amines) is 1. The van der Waals surface area contributed by atoms with Crippen LogP contribution in [0.5, 0.6) is 0 Å². The van der Waals surface area contributed by atoms with Crippen LogP contribution in [0, 0.1) is 11.8 Å². The first-order chi connectivity index (χ1) is 8.20. The molecule has 0 aromatic heterocycles. The van der Waals surface area contributed by atoms with E-state index in [-0.39, 0.29) is 0 Å². The Kier molecular flexibility index (Phi) is 4.83. The highest BCUT2D eigenvalue weighted by Crippen LogP contribution is 2.28. The summed E-state index contributed by atoms with van der Waals surface area (Å²) in [6.07, 6.45) is 6.91. The minimum absolute atomic E-state index is 0.431. The summed E-state index contributed by atoms with van der Waals surface area (Å²) in [5.74, 6) is 1.49. The maximum absolute atomic E-state index is 6.13. The average Bonchev–Trinajstić information content (AvgIpc) is 2.74. The molecule has 0 radical (unpaired) electrons. The third kappa shape index (κ3) is 3.43. The van der Waals surface area contributed by atoms with Gasteiger partial charge in [0.1, 0.15) is 0 Å². The van der Waals surface area contributed by atoms with E-state index in [9.17, 15) is 0 Å². The number of ether oxygens (including phenoxy) is 1. The van der Waals surface area contributed by atoms with E-state index in [1.807, 2.05) is 7.11 Å². The number of methoxy groups -OCH3 is 1. The maximum Gasteiger partial charge on any atom is 0.0724 e. The van der Waals surface area contributed by atoms with Crippen LogP contribution in [0.4, 0.5) is 0 Å². The van der Waals surface area contributed by atoms with Gasteiger partial charge in [0.2, 0.25) is 0 Å². The zero-order chi connectivity index (χ0) is 12.3. The van der Waals surface area contributed by atoms with E-state index < -0.39 is 0 Å². The largest absolute Gasteiger partial charge is 0.380 e. The molecule has 0 aromatic rings. The van der Waals surface area contributed by atoms with Crippen LogP contribution in [0.25, 0.3) is 0 Å². The fourth-order valence-corrected chi connectivity index (χ4v) is 3.38. The second-order valence-electron chi connectivity index (χ2n) is 5.98. The van der Waals surface area contributed by atoms with Gasteiger partial charge < -0.3 is 15.4 Å². The number of nitrogens with two attached hydrogens (primary N) is 1. The summed E-state index contributed by atoms with van der Waals surface area (Å²) in [5, 5.41) is 0. The topological polar surface area (TPSA) is 38.5 Å². The molecule has 4 atom stereocenters. The van der Waals surface area contributed by atoms with Gasteiger partial charge in [-0.3, -0.25) is 0 Å². The van der Waals surface area contributed by atoms with E-state index in [1.165, 1.54) is 45.2 Å². The minimum atomic E-state index is 0.431. The van der Waals surface area contributed by atoms with Crippen LogP contribution in [-0.2, 0) is 4.74 Å². The molecule has 0 bridgehead atoms. The molecule has 2 rings (SSSR count). The van der Waals surface area contributed by atoms with Crippen molar-refractivity contribution in [3.05, 3.63) is 0 Å². The Bertz CT molecular complexity index is 234. The fraction of sp³-hybridized carbons (Fsp3) is 1.00. The van der Waals surface area contributed by atoms with E-state index in [2.05, 4.69) is 11.8 Å². The molecule has 1 heterocycles. The van der Waals surface area contributed by atoms with E-state index in [4.69, 9.17) is 10.5 Å². The predicted molar refractivity (Wildman–Crippen MR) is 71.0 cm³/mol. The molecule has 1 saturated carbocycles. The number of piperidine rings is 1. The van der Waals surface area contributed by atoms with Crippen molar-refractivity contribution in [3.8, 4) is 0 Å². The summed E-state index contributed by atoms with van der Waals surface area (Å²) in [6.45, 7) is 5.87. The van der Waals surface area contributed by atoms with Crippen LogP contribution in [0.1, 0.15) is 39.0 Å². The fourth-order valence-electron chi connectivity index (χ4n) is 3.38. The number of hydrogen-bond donors (Lipinski definition) is 1. The summed E-state index contributed by atoms with van der Waals surface area (Å²) in [6, 6.07) is 0.469. The average molecular weight is 240 g/mol. The normalized spacial score (nSPS) is 39.7. The summed E-state index contributed by atoms with van der Waals surface area (Å²) >= 11 is 0. The van der Waals surface area contributed by atoms with Crippen molar-refractivity contribution in [2.75, 3.05) is 26.7 Å². The van der Waals surface area contributed by atoms with E-state index in [0.29, 0.717) is 18.1 Å². The summed E-state index contributed by atoms with van der Waals surface area (Å²) in [7, 11) is 1.84. The zero-order valence-corrected chi connectivity index (χ0v) is 11.4. The lowest BCUT2D eigenvalue weighted by Gasteiger charge is -2.36. The van der Waals surface area contributed by atoms with Gasteiger partial charge in [-0.1, -0.05) is 13.3 Å². The van der Waals surface area contributed by atoms with Crippen LogP contribution in [0.2, 0.25) is 0 Å². The summed E-state index contributed by atoms with van der Waals surface area (Å²) in [4.78, 5) is 2.57. The third-order valence-electron chi connectivity index (χ3n) is 4.81. The van der Waals surface area contributed by atoms with Gasteiger partial charge in [0.15, 0.2) is 0 Å². The molecule has 0 spiro atoms. The Balaban J connectivity index is 1.72. The molecular weight excluding hydrogens is 212 g/mol. The monoisotopic (exact) mass is 240 g/mol. The highest BCUT2D eigenvalue weighted by atomic mass is 16.5. The van der Waals surface area contributed by atoms with Gasteiger partial charge in [0.25, 0.3) is 0 Å². The van der Waals surface area contributed by atoms with Crippen molar-refractivity contribution in [1.82, 2.24) is 4.90 Å². The first-order valence-corrected chi connectivity index (χ1v) is 7.21. The SMILES string of the molecule is COC1CN(CCC2CCCC2N)CCC1C. The number of nitrogens with zero attached hydrogens (tertiary/aromatic N) is 1. The van der Waals surface area contributed by atoms with Crippen LogP contribution >= 0.6 is 0 Å². The lowest BCUT2D eigenvalue weighted by molar-refractivity contribution is -0.00633. The number of hydrogen-bond acceptors (Lipinski definition) is 3. The quantitative estimate of drug-likeness (QED) is 0.815. The van der Waals surface area contributed by atoms with Crippen LogP contribution in [0.15, 0.2) is 0 Å². The van der Waals surface area contributed by atoms with Crippen LogP contribution < -0.4 is 5.73 Å². The van der Waals surface area contributed by atoms with Crippen molar-refractivity contribution in [1.29, 1.82) is 0 Å². The minimum Gasteiger partial charge on any atom is -0.380 e. The van der Waals surface area contributed by atoms with E-state index >= 15 is 0 Å². The molecule has 2 fully saturated rings. The summed E-state index contributed by atoms with van der Waals surface area (Å²) in [5.41, 5.74) is 6.13. The second kappa shape index (κ2) is 6.17. The van der Waals surface area contributed by atoms with Gasteiger partial charge in [0, 0.05) is 19.7 Å². The van der Waals surface area contributed by atoms with Crippen molar-refractivity contribution < 1.29 is 4.74 Å². The van der Waals surface area contributed by atoms with Crippen LogP contribution in [-0.4, -0.2) is 43.8 Å². The molecule has 3 heteroatoms. The highest BCUT2D eigenvalue weighted by molar-refractivity contribution is 4.83. The predicted octanol–water partition coefficient (Wildman–Crippen LogP) is 1.86. The number of rotatable bonds is 4. The molecule has 1 aliphatic carbocycles. The summed E-state index contributed by atoms with van der Waals surface area (Å²) < 4.78 is 5.56.